The highest BCUT2D eigenvalue weighted by Crippen LogP contribution is 2.23. The maximum atomic E-state index is 11.6. The van der Waals surface area contributed by atoms with Crippen LogP contribution in [0.4, 0.5) is 5.82 Å². The summed E-state index contributed by atoms with van der Waals surface area (Å²) in [5.41, 5.74) is 0. The van der Waals surface area contributed by atoms with Crippen molar-refractivity contribution in [3.05, 3.63) is 16.1 Å². The number of aromatic nitrogens is 2. The van der Waals surface area contributed by atoms with Gasteiger partial charge in [-0.15, -0.1) is 11.6 Å². The molecule has 1 aliphatic rings. The Hall–Kier alpha value is -0.430. The lowest BCUT2D eigenvalue weighted by molar-refractivity contribution is -0.117. The second-order valence-electron chi connectivity index (χ2n) is 3.43. The standard InChI is InChI=1S/C9H9ClIN3O/c10-2-6-1-9(15)14(5-6)8-4-12-7(11)3-13-8/h3-4,6H,1-2,5H2. The maximum Gasteiger partial charge on any atom is 0.228 e. The average Bonchev–Trinajstić information content (AvgIpc) is 2.61. The summed E-state index contributed by atoms with van der Waals surface area (Å²) in [4.78, 5) is 21.6. The Balaban J connectivity index is 2.18. The molecule has 1 amide bonds. The third-order valence-electron chi connectivity index (χ3n) is 2.31. The largest absolute Gasteiger partial charge is 0.295 e. The molecule has 1 atom stereocenters. The van der Waals surface area contributed by atoms with Crippen molar-refractivity contribution < 1.29 is 4.79 Å². The Labute approximate surface area is 106 Å². The molecule has 0 aliphatic carbocycles. The van der Waals surface area contributed by atoms with Gasteiger partial charge in [-0.05, 0) is 28.5 Å². The minimum atomic E-state index is 0.0798. The van der Waals surface area contributed by atoms with Gasteiger partial charge in [-0.2, -0.15) is 0 Å². The molecule has 0 radical (unpaired) electrons. The summed E-state index contributed by atoms with van der Waals surface area (Å²) in [6.45, 7) is 0.650. The number of halogens is 2. The van der Waals surface area contributed by atoms with E-state index in [0.717, 1.165) is 3.70 Å². The molecule has 15 heavy (non-hydrogen) atoms. The number of hydrogen-bond acceptors (Lipinski definition) is 3. The number of carbonyl (C=O) groups excluding carboxylic acids is 1. The molecule has 2 rings (SSSR count). The number of rotatable bonds is 2. The van der Waals surface area contributed by atoms with Gasteiger partial charge >= 0.3 is 0 Å². The van der Waals surface area contributed by atoms with Crippen molar-refractivity contribution in [3.63, 3.8) is 0 Å². The zero-order valence-electron chi connectivity index (χ0n) is 7.86. The molecular weight excluding hydrogens is 328 g/mol. The Morgan fingerprint density at radius 3 is 2.87 bits per heavy atom. The van der Waals surface area contributed by atoms with Crippen LogP contribution in [-0.2, 0) is 4.79 Å². The minimum absolute atomic E-state index is 0.0798. The molecule has 0 N–H and O–H groups in total. The van der Waals surface area contributed by atoms with Gasteiger partial charge in [-0.25, -0.2) is 9.97 Å². The first kappa shape index (κ1) is 11.1. The van der Waals surface area contributed by atoms with Crippen LogP contribution in [0.5, 0.6) is 0 Å². The predicted octanol–water partition coefficient (Wildman–Crippen LogP) is 1.67. The second-order valence-corrected chi connectivity index (χ2v) is 4.84. The first-order chi connectivity index (χ1) is 7.20. The summed E-state index contributed by atoms with van der Waals surface area (Å²) in [6, 6.07) is 0. The summed E-state index contributed by atoms with van der Waals surface area (Å²) in [5.74, 6) is 1.45. The van der Waals surface area contributed by atoms with E-state index in [1.54, 1.807) is 17.3 Å². The van der Waals surface area contributed by atoms with Gasteiger partial charge in [0.1, 0.15) is 3.70 Å². The molecule has 1 aliphatic heterocycles. The van der Waals surface area contributed by atoms with Gasteiger partial charge in [0.05, 0.1) is 12.4 Å². The Morgan fingerprint density at radius 1 is 1.53 bits per heavy atom. The van der Waals surface area contributed by atoms with Crippen LogP contribution in [-0.4, -0.2) is 28.3 Å². The topological polar surface area (TPSA) is 46.1 Å². The predicted molar refractivity (Wildman–Crippen MR) is 65.9 cm³/mol. The Bertz CT molecular complexity index is 370. The zero-order chi connectivity index (χ0) is 10.8. The molecule has 0 saturated carbocycles. The number of alkyl halides is 1. The van der Waals surface area contributed by atoms with Crippen LogP contribution in [0.25, 0.3) is 0 Å². The van der Waals surface area contributed by atoms with Crippen molar-refractivity contribution in [2.75, 3.05) is 17.3 Å². The normalized spacial score (nSPS) is 21.1. The summed E-state index contributed by atoms with van der Waals surface area (Å²) in [6.07, 6.45) is 3.78. The molecule has 1 aromatic heterocycles. The van der Waals surface area contributed by atoms with Crippen molar-refractivity contribution in [1.82, 2.24) is 9.97 Å². The van der Waals surface area contributed by atoms with Crippen LogP contribution in [0.3, 0.4) is 0 Å². The van der Waals surface area contributed by atoms with Crippen LogP contribution in [0.15, 0.2) is 12.4 Å². The van der Waals surface area contributed by atoms with Gasteiger partial charge in [0.25, 0.3) is 0 Å². The highest BCUT2D eigenvalue weighted by molar-refractivity contribution is 14.1. The lowest BCUT2D eigenvalue weighted by atomic mass is 10.2. The molecule has 1 aromatic rings. The highest BCUT2D eigenvalue weighted by atomic mass is 127. The quantitative estimate of drug-likeness (QED) is 0.609. The van der Waals surface area contributed by atoms with Crippen LogP contribution in [0.1, 0.15) is 6.42 Å². The Kier molecular flexibility index (Phi) is 3.40. The van der Waals surface area contributed by atoms with Crippen molar-refractivity contribution in [2.24, 2.45) is 5.92 Å². The van der Waals surface area contributed by atoms with E-state index < -0.39 is 0 Å². The Morgan fingerprint density at radius 2 is 2.33 bits per heavy atom. The zero-order valence-corrected chi connectivity index (χ0v) is 10.8. The number of amides is 1. The van der Waals surface area contributed by atoms with Crippen molar-refractivity contribution in [1.29, 1.82) is 0 Å². The van der Waals surface area contributed by atoms with E-state index in [0.29, 0.717) is 24.7 Å². The third kappa shape index (κ3) is 2.39. The van der Waals surface area contributed by atoms with Gasteiger partial charge in [0.15, 0.2) is 5.82 Å². The van der Waals surface area contributed by atoms with Gasteiger partial charge in [-0.3, -0.25) is 9.69 Å². The smallest absolute Gasteiger partial charge is 0.228 e. The van der Waals surface area contributed by atoms with E-state index in [9.17, 15) is 4.79 Å². The van der Waals surface area contributed by atoms with Gasteiger partial charge in [-0.1, -0.05) is 0 Å². The van der Waals surface area contributed by atoms with Crippen LogP contribution in [0, 0.1) is 9.62 Å². The number of anilines is 1. The summed E-state index contributed by atoms with van der Waals surface area (Å²) >= 11 is 7.81. The summed E-state index contributed by atoms with van der Waals surface area (Å²) in [5, 5.41) is 0. The fourth-order valence-electron chi connectivity index (χ4n) is 1.55. The fourth-order valence-corrected chi connectivity index (χ4v) is 2.04. The first-order valence-electron chi connectivity index (χ1n) is 4.54. The highest BCUT2D eigenvalue weighted by Gasteiger charge is 2.30. The number of nitrogens with zero attached hydrogens (tertiary/aromatic N) is 3. The molecule has 0 spiro atoms. The molecule has 1 unspecified atom stereocenters. The van der Waals surface area contributed by atoms with Crippen LogP contribution in [0.2, 0.25) is 0 Å². The molecule has 1 saturated heterocycles. The summed E-state index contributed by atoms with van der Waals surface area (Å²) in [7, 11) is 0. The molecule has 1 fully saturated rings. The maximum absolute atomic E-state index is 11.6. The fraction of sp³-hybridized carbons (Fsp3) is 0.444. The minimum Gasteiger partial charge on any atom is -0.295 e. The molecular formula is C9H9ClIN3O. The molecule has 0 bridgehead atoms. The summed E-state index contributed by atoms with van der Waals surface area (Å²) < 4.78 is 0.817. The van der Waals surface area contributed by atoms with Crippen LogP contribution < -0.4 is 4.90 Å². The van der Waals surface area contributed by atoms with E-state index >= 15 is 0 Å². The van der Waals surface area contributed by atoms with Crippen molar-refractivity contribution in [2.45, 2.75) is 6.42 Å². The average molecular weight is 338 g/mol. The second kappa shape index (κ2) is 4.61. The van der Waals surface area contributed by atoms with Crippen LogP contribution >= 0.6 is 34.2 Å². The van der Waals surface area contributed by atoms with Gasteiger partial charge in [0, 0.05) is 18.8 Å². The SMILES string of the molecule is O=C1CC(CCl)CN1c1cnc(I)cn1. The van der Waals surface area contributed by atoms with E-state index in [1.807, 2.05) is 0 Å². The first-order valence-corrected chi connectivity index (χ1v) is 6.16. The van der Waals surface area contributed by atoms with Crippen molar-refractivity contribution in [3.8, 4) is 0 Å². The number of carbonyl (C=O) groups is 1. The van der Waals surface area contributed by atoms with E-state index in [1.165, 1.54) is 0 Å². The number of hydrogen-bond donors (Lipinski definition) is 0. The molecule has 6 heteroatoms. The van der Waals surface area contributed by atoms with Crippen molar-refractivity contribution >= 4 is 45.9 Å². The molecule has 2 heterocycles. The monoisotopic (exact) mass is 337 g/mol. The van der Waals surface area contributed by atoms with E-state index in [2.05, 4.69) is 32.6 Å². The van der Waals surface area contributed by atoms with Gasteiger partial charge < -0.3 is 0 Å². The lowest BCUT2D eigenvalue weighted by Crippen LogP contribution is -2.25. The lowest BCUT2D eigenvalue weighted by Gasteiger charge is -2.14. The van der Waals surface area contributed by atoms with E-state index in [4.69, 9.17) is 11.6 Å². The molecule has 4 nitrogen and oxygen atoms in total. The van der Waals surface area contributed by atoms with Gasteiger partial charge in [0.2, 0.25) is 5.91 Å². The van der Waals surface area contributed by atoms with E-state index in [-0.39, 0.29) is 11.8 Å². The molecule has 0 aromatic carbocycles. The molecule has 80 valence electrons. The third-order valence-corrected chi connectivity index (χ3v) is 3.30.